The van der Waals surface area contributed by atoms with Crippen LogP contribution in [-0.4, -0.2) is 49.2 Å². The van der Waals surface area contributed by atoms with Gasteiger partial charge >= 0.3 is 18.0 Å². The summed E-state index contributed by atoms with van der Waals surface area (Å²) in [4.78, 5) is 37.7. The second-order valence-electron chi connectivity index (χ2n) is 6.20. The number of esters is 2. The SMILES string of the molecule is CCOC(=O)CN(CC1(C(=O)OCC)CC1)C(=O)OCc1ccccc1. The third-order valence-corrected chi connectivity index (χ3v) is 4.14. The number of rotatable bonds is 9. The Labute approximate surface area is 153 Å². The van der Waals surface area contributed by atoms with E-state index in [2.05, 4.69) is 0 Å². The molecule has 7 nitrogen and oxygen atoms in total. The van der Waals surface area contributed by atoms with Crippen molar-refractivity contribution in [3.05, 3.63) is 35.9 Å². The molecule has 0 spiro atoms. The number of nitrogens with zero attached hydrogens (tertiary/aromatic N) is 1. The lowest BCUT2D eigenvalue weighted by molar-refractivity contribution is -0.152. The lowest BCUT2D eigenvalue weighted by atomic mass is 10.1. The highest BCUT2D eigenvalue weighted by Gasteiger charge is 2.53. The third-order valence-electron chi connectivity index (χ3n) is 4.14. The van der Waals surface area contributed by atoms with Crippen LogP contribution < -0.4 is 0 Å². The van der Waals surface area contributed by atoms with Crippen LogP contribution in [0.5, 0.6) is 0 Å². The third kappa shape index (κ3) is 5.47. The van der Waals surface area contributed by atoms with E-state index in [4.69, 9.17) is 14.2 Å². The molecular weight excluding hydrogens is 338 g/mol. The van der Waals surface area contributed by atoms with E-state index >= 15 is 0 Å². The minimum absolute atomic E-state index is 0.0816. The molecule has 2 rings (SSSR count). The van der Waals surface area contributed by atoms with Crippen molar-refractivity contribution >= 4 is 18.0 Å². The highest BCUT2D eigenvalue weighted by atomic mass is 16.6. The molecular formula is C19H25NO6. The zero-order valence-corrected chi connectivity index (χ0v) is 15.2. The first-order valence-corrected chi connectivity index (χ1v) is 8.79. The maximum Gasteiger partial charge on any atom is 0.410 e. The van der Waals surface area contributed by atoms with E-state index in [9.17, 15) is 14.4 Å². The predicted octanol–water partition coefficient (Wildman–Crippen LogP) is 2.53. The van der Waals surface area contributed by atoms with Gasteiger partial charge in [-0.3, -0.25) is 14.5 Å². The summed E-state index contributed by atoms with van der Waals surface area (Å²) in [7, 11) is 0. The molecule has 0 atom stereocenters. The Morgan fingerprint density at radius 2 is 1.65 bits per heavy atom. The minimum atomic E-state index is -0.742. The van der Waals surface area contributed by atoms with Gasteiger partial charge in [0.05, 0.1) is 18.6 Å². The molecule has 0 aromatic heterocycles. The number of hydrogen-bond acceptors (Lipinski definition) is 6. The molecule has 1 saturated carbocycles. The number of amides is 1. The smallest absolute Gasteiger partial charge is 0.410 e. The number of carbonyl (C=O) groups excluding carboxylic acids is 3. The van der Waals surface area contributed by atoms with E-state index in [1.807, 2.05) is 30.3 Å². The molecule has 1 amide bonds. The van der Waals surface area contributed by atoms with Gasteiger partial charge in [-0.15, -0.1) is 0 Å². The summed E-state index contributed by atoms with van der Waals surface area (Å²) in [5.74, 6) is -0.881. The molecule has 0 bridgehead atoms. The van der Waals surface area contributed by atoms with Crippen molar-refractivity contribution in [1.29, 1.82) is 0 Å². The molecule has 0 heterocycles. The van der Waals surface area contributed by atoms with Crippen molar-refractivity contribution in [1.82, 2.24) is 4.90 Å². The van der Waals surface area contributed by atoms with Crippen LogP contribution in [0.15, 0.2) is 30.3 Å². The van der Waals surface area contributed by atoms with Crippen LogP contribution in [0, 0.1) is 5.41 Å². The second-order valence-corrected chi connectivity index (χ2v) is 6.20. The van der Waals surface area contributed by atoms with Gasteiger partial charge < -0.3 is 14.2 Å². The summed E-state index contributed by atoms with van der Waals surface area (Å²) in [5, 5.41) is 0. The molecule has 7 heteroatoms. The van der Waals surface area contributed by atoms with E-state index in [-0.39, 0.29) is 38.9 Å². The van der Waals surface area contributed by atoms with Gasteiger partial charge in [-0.1, -0.05) is 30.3 Å². The van der Waals surface area contributed by atoms with Crippen LogP contribution in [0.4, 0.5) is 4.79 Å². The lowest BCUT2D eigenvalue weighted by Crippen LogP contribution is -2.43. The first-order chi connectivity index (χ1) is 12.5. The first kappa shape index (κ1) is 19.8. The van der Waals surface area contributed by atoms with Crippen LogP contribution in [0.1, 0.15) is 32.3 Å². The molecule has 142 valence electrons. The van der Waals surface area contributed by atoms with Crippen molar-refractivity contribution in [3.8, 4) is 0 Å². The average Bonchev–Trinajstić information content (AvgIpc) is 3.41. The van der Waals surface area contributed by atoms with Crippen molar-refractivity contribution in [3.63, 3.8) is 0 Å². The Kier molecular flexibility index (Phi) is 7.00. The Bertz CT molecular complexity index is 626. The van der Waals surface area contributed by atoms with Crippen molar-refractivity contribution in [2.45, 2.75) is 33.3 Å². The molecule has 0 N–H and O–H groups in total. The summed E-state index contributed by atoms with van der Waals surface area (Å²) in [5.41, 5.74) is 0.0947. The molecule has 1 aliphatic carbocycles. The molecule has 0 aliphatic heterocycles. The van der Waals surface area contributed by atoms with E-state index in [1.165, 1.54) is 4.90 Å². The fraction of sp³-hybridized carbons (Fsp3) is 0.526. The van der Waals surface area contributed by atoms with Crippen molar-refractivity contribution < 1.29 is 28.6 Å². The van der Waals surface area contributed by atoms with Gasteiger partial charge in [0.25, 0.3) is 0 Å². The van der Waals surface area contributed by atoms with Crippen molar-refractivity contribution in [2.24, 2.45) is 5.41 Å². The van der Waals surface area contributed by atoms with E-state index in [1.54, 1.807) is 13.8 Å². The van der Waals surface area contributed by atoms with Crippen molar-refractivity contribution in [2.75, 3.05) is 26.3 Å². The molecule has 26 heavy (non-hydrogen) atoms. The van der Waals surface area contributed by atoms with Crippen LogP contribution in [-0.2, 0) is 30.4 Å². The Morgan fingerprint density at radius 1 is 1.00 bits per heavy atom. The monoisotopic (exact) mass is 363 g/mol. The molecule has 0 saturated heterocycles. The average molecular weight is 363 g/mol. The van der Waals surface area contributed by atoms with E-state index in [0.29, 0.717) is 12.8 Å². The van der Waals surface area contributed by atoms with Gasteiger partial charge in [-0.25, -0.2) is 4.79 Å². The van der Waals surface area contributed by atoms with Gasteiger partial charge in [0, 0.05) is 6.54 Å². The number of carbonyl (C=O) groups is 3. The summed E-state index contributed by atoms with van der Waals surface area (Å²) < 4.78 is 15.3. The molecule has 0 radical (unpaired) electrons. The van der Waals surface area contributed by atoms with Crippen LogP contribution in [0.2, 0.25) is 0 Å². The highest BCUT2D eigenvalue weighted by molar-refractivity contribution is 5.82. The zero-order chi connectivity index (χ0) is 19.0. The van der Waals surface area contributed by atoms with Gasteiger partial charge in [0.2, 0.25) is 0 Å². The second kappa shape index (κ2) is 9.22. The Morgan fingerprint density at radius 3 is 2.23 bits per heavy atom. The normalized spacial score (nSPS) is 14.2. The minimum Gasteiger partial charge on any atom is -0.466 e. The summed E-state index contributed by atoms with van der Waals surface area (Å²) in [6.45, 7) is 3.83. The lowest BCUT2D eigenvalue weighted by Gasteiger charge is -2.25. The maximum atomic E-state index is 12.5. The summed E-state index contributed by atoms with van der Waals surface area (Å²) >= 11 is 0. The molecule has 1 aliphatic rings. The van der Waals surface area contributed by atoms with E-state index in [0.717, 1.165) is 5.56 Å². The molecule has 1 fully saturated rings. The Hall–Kier alpha value is -2.57. The fourth-order valence-electron chi connectivity index (χ4n) is 2.59. The van der Waals surface area contributed by atoms with E-state index < -0.39 is 17.5 Å². The Balaban J connectivity index is 2.01. The van der Waals surface area contributed by atoms with Gasteiger partial charge in [-0.05, 0) is 32.3 Å². The first-order valence-electron chi connectivity index (χ1n) is 8.79. The molecule has 0 unspecified atom stereocenters. The number of hydrogen-bond donors (Lipinski definition) is 0. The quantitative estimate of drug-likeness (QED) is 0.495. The fourth-order valence-corrected chi connectivity index (χ4v) is 2.59. The summed E-state index contributed by atoms with van der Waals surface area (Å²) in [6.07, 6.45) is 0.589. The largest absolute Gasteiger partial charge is 0.466 e. The zero-order valence-electron chi connectivity index (χ0n) is 15.2. The number of ether oxygens (including phenoxy) is 3. The van der Waals surface area contributed by atoms with Gasteiger partial charge in [0.1, 0.15) is 13.2 Å². The van der Waals surface area contributed by atoms with Crippen LogP contribution in [0.3, 0.4) is 0 Å². The maximum absolute atomic E-state index is 12.5. The number of benzene rings is 1. The standard InChI is InChI=1S/C19H25NO6/c1-3-24-16(21)12-20(14-19(10-11-19)17(22)25-4-2)18(23)26-13-15-8-6-5-7-9-15/h5-9H,3-4,10-14H2,1-2H3. The predicted molar refractivity (Wildman–Crippen MR) is 93.1 cm³/mol. The van der Waals surface area contributed by atoms with Crippen LogP contribution >= 0.6 is 0 Å². The van der Waals surface area contributed by atoms with Gasteiger partial charge in [-0.2, -0.15) is 0 Å². The topological polar surface area (TPSA) is 82.1 Å². The molecule has 1 aromatic carbocycles. The van der Waals surface area contributed by atoms with Crippen LogP contribution in [0.25, 0.3) is 0 Å². The molecule has 1 aromatic rings. The summed E-state index contributed by atoms with van der Waals surface area (Å²) in [6, 6.07) is 9.24. The highest BCUT2D eigenvalue weighted by Crippen LogP contribution is 2.47. The van der Waals surface area contributed by atoms with Gasteiger partial charge in [0.15, 0.2) is 0 Å².